The molecule has 0 radical (unpaired) electrons. The predicted molar refractivity (Wildman–Crippen MR) is 69.1 cm³/mol. The lowest BCUT2D eigenvalue weighted by Gasteiger charge is -2.16. The van der Waals surface area contributed by atoms with Gasteiger partial charge in [-0.25, -0.2) is 0 Å². The molecule has 2 nitrogen and oxygen atoms in total. The van der Waals surface area contributed by atoms with Crippen molar-refractivity contribution in [1.82, 2.24) is 0 Å². The zero-order valence-corrected chi connectivity index (χ0v) is 11.0. The van der Waals surface area contributed by atoms with Crippen LogP contribution in [0.25, 0.3) is 0 Å². The van der Waals surface area contributed by atoms with Gasteiger partial charge in [0.1, 0.15) is 11.4 Å². The smallest absolute Gasteiger partial charge is 0.162 e. The molecule has 0 aliphatic carbocycles. The average molecular weight is 253 g/mol. The fourth-order valence-electron chi connectivity index (χ4n) is 2.15. The van der Waals surface area contributed by atoms with Gasteiger partial charge in [0.2, 0.25) is 0 Å². The van der Waals surface area contributed by atoms with Crippen LogP contribution in [0, 0.1) is 0 Å². The van der Waals surface area contributed by atoms with Crippen LogP contribution in [0.4, 0.5) is 0 Å². The SMILES string of the molecule is CC1(C)Cc2cc(C(=O)CCCCl)ccc2O1. The van der Waals surface area contributed by atoms with Crippen molar-refractivity contribution in [2.75, 3.05) is 5.88 Å². The van der Waals surface area contributed by atoms with Crippen LogP contribution in [-0.4, -0.2) is 17.3 Å². The van der Waals surface area contributed by atoms with Gasteiger partial charge in [-0.1, -0.05) is 0 Å². The number of halogens is 1. The first-order chi connectivity index (χ1) is 8.02. The number of ketones is 1. The molecule has 92 valence electrons. The van der Waals surface area contributed by atoms with Gasteiger partial charge in [0.05, 0.1) is 0 Å². The van der Waals surface area contributed by atoms with Gasteiger partial charge < -0.3 is 4.74 Å². The predicted octanol–water partition coefficient (Wildman–Crippen LogP) is 3.60. The second-order valence-electron chi connectivity index (χ2n) is 5.08. The monoisotopic (exact) mass is 252 g/mol. The Bertz CT molecular complexity index is 438. The lowest BCUT2D eigenvalue weighted by molar-refractivity contribution is 0.0982. The summed E-state index contributed by atoms with van der Waals surface area (Å²) >= 11 is 5.59. The molecule has 17 heavy (non-hydrogen) atoms. The standard InChI is InChI=1S/C14H17ClO2/c1-14(2)9-11-8-10(5-6-13(11)17-14)12(16)4-3-7-15/h5-6,8H,3-4,7,9H2,1-2H3. The summed E-state index contributed by atoms with van der Waals surface area (Å²) in [4.78, 5) is 11.9. The van der Waals surface area contributed by atoms with Crippen LogP contribution in [0.15, 0.2) is 18.2 Å². The van der Waals surface area contributed by atoms with E-state index in [9.17, 15) is 4.79 Å². The fraction of sp³-hybridized carbons (Fsp3) is 0.500. The minimum Gasteiger partial charge on any atom is -0.487 e. The van der Waals surface area contributed by atoms with Crippen molar-refractivity contribution < 1.29 is 9.53 Å². The number of Topliss-reactive ketones (excluding diaryl/α,β-unsaturated/α-hetero) is 1. The van der Waals surface area contributed by atoms with E-state index in [1.807, 2.05) is 18.2 Å². The number of carbonyl (C=O) groups excluding carboxylic acids is 1. The molecule has 0 saturated heterocycles. The molecule has 1 aliphatic rings. The average Bonchev–Trinajstić information content (AvgIpc) is 2.58. The highest BCUT2D eigenvalue weighted by Gasteiger charge is 2.30. The van der Waals surface area contributed by atoms with E-state index >= 15 is 0 Å². The van der Waals surface area contributed by atoms with Gasteiger partial charge in [0.25, 0.3) is 0 Å². The van der Waals surface area contributed by atoms with Crippen molar-refractivity contribution in [2.45, 2.75) is 38.7 Å². The highest BCUT2D eigenvalue weighted by Crippen LogP contribution is 2.35. The Kier molecular flexibility index (Phi) is 3.43. The molecular weight excluding hydrogens is 236 g/mol. The Balaban J connectivity index is 2.16. The van der Waals surface area contributed by atoms with Crippen LogP contribution in [0.2, 0.25) is 0 Å². The third kappa shape index (κ3) is 2.81. The summed E-state index contributed by atoms with van der Waals surface area (Å²) in [6.07, 6.45) is 2.12. The quantitative estimate of drug-likeness (QED) is 0.605. The van der Waals surface area contributed by atoms with Gasteiger partial charge in [0.15, 0.2) is 5.78 Å². The van der Waals surface area contributed by atoms with Crippen molar-refractivity contribution in [3.8, 4) is 5.75 Å². The summed E-state index contributed by atoms with van der Waals surface area (Å²) in [6, 6.07) is 5.70. The minimum atomic E-state index is -0.153. The summed E-state index contributed by atoms with van der Waals surface area (Å²) in [7, 11) is 0. The summed E-state index contributed by atoms with van der Waals surface area (Å²) in [5.74, 6) is 1.61. The van der Waals surface area contributed by atoms with Crippen LogP contribution in [0.1, 0.15) is 42.6 Å². The molecule has 2 rings (SSSR count). The van der Waals surface area contributed by atoms with Crippen molar-refractivity contribution in [3.63, 3.8) is 0 Å². The summed E-state index contributed by atoms with van der Waals surface area (Å²) < 4.78 is 5.78. The van der Waals surface area contributed by atoms with Gasteiger partial charge in [-0.05, 0) is 44.0 Å². The van der Waals surface area contributed by atoms with Gasteiger partial charge in [-0.3, -0.25) is 4.79 Å². The third-order valence-electron chi connectivity index (χ3n) is 2.92. The highest BCUT2D eigenvalue weighted by atomic mass is 35.5. The van der Waals surface area contributed by atoms with E-state index in [2.05, 4.69) is 13.8 Å². The maximum atomic E-state index is 11.9. The van der Waals surface area contributed by atoms with Gasteiger partial charge in [-0.2, -0.15) is 0 Å². The van der Waals surface area contributed by atoms with E-state index in [0.29, 0.717) is 12.3 Å². The Morgan fingerprint density at radius 3 is 2.94 bits per heavy atom. The first-order valence-corrected chi connectivity index (χ1v) is 6.46. The molecule has 0 amide bonds. The molecule has 1 heterocycles. The molecule has 1 aromatic carbocycles. The molecule has 3 heteroatoms. The second kappa shape index (κ2) is 4.69. The van der Waals surface area contributed by atoms with E-state index in [1.165, 1.54) is 0 Å². The molecule has 0 fully saturated rings. The summed E-state index contributed by atoms with van der Waals surface area (Å²) in [6.45, 7) is 4.12. The topological polar surface area (TPSA) is 26.3 Å². The number of fused-ring (bicyclic) bond motifs is 1. The lowest BCUT2D eigenvalue weighted by Crippen LogP contribution is -2.24. The third-order valence-corrected chi connectivity index (χ3v) is 3.19. The number of alkyl halides is 1. The van der Waals surface area contributed by atoms with E-state index in [1.54, 1.807) is 0 Å². The maximum Gasteiger partial charge on any atom is 0.162 e. The molecule has 0 atom stereocenters. The molecule has 0 saturated carbocycles. The molecule has 1 aliphatic heterocycles. The number of benzene rings is 1. The minimum absolute atomic E-state index is 0.153. The van der Waals surface area contributed by atoms with Gasteiger partial charge in [-0.15, -0.1) is 11.6 Å². The van der Waals surface area contributed by atoms with Crippen LogP contribution in [0.3, 0.4) is 0 Å². The van der Waals surface area contributed by atoms with E-state index in [4.69, 9.17) is 16.3 Å². The van der Waals surface area contributed by atoms with Crippen molar-refractivity contribution in [3.05, 3.63) is 29.3 Å². The zero-order chi connectivity index (χ0) is 12.5. The number of ether oxygens (including phenoxy) is 1. The molecule has 1 aromatic rings. The molecular formula is C14H17ClO2. The number of carbonyl (C=O) groups is 1. The first-order valence-electron chi connectivity index (χ1n) is 5.93. The zero-order valence-electron chi connectivity index (χ0n) is 10.3. The molecule has 0 unspecified atom stereocenters. The van der Waals surface area contributed by atoms with Crippen molar-refractivity contribution >= 4 is 17.4 Å². The van der Waals surface area contributed by atoms with Crippen LogP contribution < -0.4 is 4.74 Å². The Morgan fingerprint density at radius 1 is 1.47 bits per heavy atom. The Labute approximate surface area is 107 Å². The first kappa shape index (κ1) is 12.4. The second-order valence-corrected chi connectivity index (χ2v) is 5.45. The molecule has 0 N–H and O–H groups in total. The number of hydrogen-bond acceptors (Lipinski definition) is 2. The number of hydrogen-bond donors (Lipinski definition) is 0. The van der Waals surface area contributed by atoms with Gasteiger partial charge in [0, 0.05) is 24.3 Å². The number of rotatable bonds is 4. The summed E-state index contributed by atoms with van der Waals surface area (Å²) in [5, 5.41) is 0. The molecule has 0 aromatic heterocycles. The van der Waals surface area contributed by atoms with Crippen LogP contribution in [-0.2, 0) is 6.42 Å². The van der Waals surface area contributed by atoms with Crippen LogP contribution in [0.5, 0.6) is 5.75 Å². The van der Waals surface area contributed by atoms with Gasteiger partial charge >= 0.3 is 0 Å². The summed E-state index contributed by atoms with van der Waals surface area (Å²) in [5.41, 5.74) is 1.75. The Hall–Kier alpha value is -1.02. The normalized spacial score (nSPS) is 16.4. The van der Waals surface area contributed by atoms with E-state index in [-0.39, 0.29) is 11.4 Å². The van der Waals surface area contributed by atoms with Crippen LogP contribution >= 0.6 is 11.6 Å². The van der Waals surface area contributed by atoms with E-state index < -0.39 is 0 Å². The largest absolute Gasteiger partial charge is 0.487 e. The molecule has 0 bridgehead atoms. The lowest BCUT2D eigenvalue weighted by atomic mass is 9.98. The highest BCUT2D eigenvalue weighted by molar-refractivity contribution is 6.18. The Morgan fingerprint density at radius 2 is 2.24 bits per heavy atom. The van der Waals surface area contributed by atoms with Crippen molar-refractivity contribution in [2.24, 2.45) is 0 Å². The molecule has 0 spiro atoms. The maximum absolute atomic E-state index is 11.9. The fourth-order valence-corrected chi connectivity index (χ4v) is 2.29. The van der Waals surface area contributed by atoms with Crippen molar-refractivity contribution in [1.29, 1.82) is 0 Å². The van der Waals surface area contributed by atoms with E-state index in [0.717, 1.165) is 29.7 Å².